The summed E-state index contributed by atoms with van der Waals surface area (Å²) in [7, 11) is -3.21. The van der Waals surface area contributed by atoms with E-state index in [2.05, 4.69) is 4.99 Å². The molecule has 0 radical (unpaired) electrons. The molecule has 9 heteroatoms. The maximum atomic E-state index is 12.9. The van der Waals surface area contributed by atoms with E-state index in [1.54, 1.807) is 18.2 Å². The zero-order chi connectivity index (χ0) is 24.6. The lowest BCUT2D eigenvalue weighted by Gasteiger charge is -2.27. The first kappa shape index (κ1) is 23.9. The first-order valence-electron chi connectivity index (χ1n) is 11.1. The molecule has 0 saturated carbocycles. The van der Waals surface area contributed by atoms with Crippen molar-refractivity contribution in [2.24, 2.45) is 4.99 Å². The zero-order valence-electron chi connectivity index (χ0n) is 18.9. The lowest BCUT2D eigenvalue weighted by Crippen LogP contribution is -2.38. The topological polar surface area (TPSA) is 76.0 Å². The molecule has 5 rings (SSSR count). The Bertz CT molecular complexity index is 1410. The summed E-state index contributed by atoms with van der Waals surface area (Å²) in [6.07, 6.45) is 0.161. The predicted molar refractivity (Wildman–Crippen MR) is 142 cm³/mol. The molecule has 3 aromatic carbocycles. The lowest BCUT2D eigenvalue weighted by atomic mass is 10.1. The Morgan fingerprint density at radius 1 is 1.09 bits per heavy atom. The summed E-state index contributed by atoms with van der Waals surface area (Å²) < 4.78 is 31.1. The lowest BCUT2D eigenvalue weighted by molar-refractivity contribution is -0.117. The number of aryl methyl sites for hydroxylation is 1. The zero-order valence-corrected chi connectivity index (χ0v) is 21.3. The first-order chi connectivity index (χ1) is 16.8. The molecule has 1 amide bonds. The molecule has 2 saturated heterocycles. The first-order valence-corrected chi connectivity index (χ1v) is 14.2. The van der Waals surface area contributed by atoms with Crippen LogP contribution in [0.1, 0.15) is 11.1 Å². The number of carbonyl (C=O) groups is 1. The summed E-state index contributed by atoms with van der Waals surface area (Å²) in [4.78, 5) is 19.1. The van der Waals surface area contributed by atoms with Crippen LogP contribution in [0, 0.1) is 6.92 Å². The average Bonchev–Trinajstić information content (AvgIpc) is 3.26. The van der Waals surface area contributed by atoms with Crippen LogP contribution in [0.3, 0.4) is 0 Å². The van der Waals surface area contributed by atoms with Crippen LogP contribution in [0.15, 0.2) is 77.8 Å². The van der Waals surface area contributed by atoms with Gasteiger partial charge in [0.2, 0.25) is 0 Å². The largest absolute Gasteiger partial charge is 0.455 e. The van der Waals surface area contributed by atoms with Crippen molar-refractivity contribution in [1.82, 2.24) is 0 Å². The predicted octanol–water partition coefficient (Wildman–Crippen LogP) is 5.28. The van der Waals surface area contributed by atoms with Gasteiger partial charge < -0.3 is 9.64 Å². The number of amidine groups is 1. The van der Waals surface area contributed by atoms with Gasteiger partial charge in [-0.2, -0.15) is 4.99 Å². The van der Waals surface area contributed by atoms with Gasteiger partial charge in [0, 0.05) is 10.3 Å². The summed E-state index contributed by atoms with van der Waals surface area (Å²) in [5, 5.41) is 0.710. The van der Waals surface area contributed by atoms with Crippen molar-refractivity contribution < 1.29 is 17.9 Å². The van der Waals surface area contributed by atoms with E-state index in [0.29, 0.717) is 27.4 Å². The second-order valence-electron chi connectivity index (χ2n) is 8.65. The fourth-order valence-corrected chi connectivity index (χ4v) is 8.42. The van der Waals surface area contributed by atoms with Crippen molar-refractivity contribution in [3.63, 3.8) is 0 Å². The molecule has 6 nitrogen and oxygen atoms in total. The minimum absolute atomic E-state index is 0.0209. The quantitative estimate of drug-likeness (QED) is 0.450. The molecule has 180 valence electrons. The van der Waals surface area contributed by atoms with E-state index in [1.807, 2.05) is 66.4 Å². The van der Waals surface area contributed by atoms with Gasteiger partial charge in [-0.05, 0) is 48.4 Å². The third-order valence-corrected chi connectivity index (χ3v) is 9.33. The Morgan fingerprint density at radius 2 is 1.89 bits per heavy atom. The van der Waals surface area contributed by atoms with Crippen LogP contribution in [0.2, 0.25) is 5.02 Å². The molecule has 0 N–H and O–H groups in total. The number of hydrogen-bond donors (Lipinski definition) is 0. The molecule has 0 spiro atoms. The van der Waals surface area contributed by atoms with Gasteiger partial charge in [-0.3, -0.25) is 4.79 Å². The Kier molecular flexibility index (Phi) is 6.61. The number of nitrogens with zero attached hydrogens (tertiary/aromatic N) is 2. The Hall–Kier alpha value is -2.81. The highest BCUT2D eigenvalue weighted by Gasteiger charge is 2.50. The highest BCUT2D eigenvalue weighted by atomic mass is 35.5. The van der Waals surface area contributed by atoms with Gasteiger partial charge in [0.15, 0.2) is 20.8 Å². The average molecular weight is 527 g/mol. The van der Waals surface area contributed by atoms with Crippen molar-refractivity contribution in [3.05, 3.63) is 88.9 Å². The number of carbonyl (C=O) groups excluding carboxylic acids is 1. The van der Waals surface area contributed by atoms with Crippen LogP contribution in [-0.2, 0) is 21.1 Å². The number of fused-ring (bicyclic) bond motifs is 1. The number of benzene rings is 3. The Balaban J connectivity index is 1.54. The van der Waals surface area contributed by atoms with E-state index in [1.165, 1.54) is 11.8 Å². The van der Waals surface area contributed by atoms with Crippen molar-refractivity contribution >= 4 is 50.0 Å². The number of hydrogen-bond acceptors (Lipinski definition) is 5. The molecule has 0 aliphatic carbocycles. The van der Waals surface area contributed by atoms with E-state index in [0.717, 1.165) is 11.1 Å². The van der Waals surface area contributed by atoms with Gasteiger partial charge >= 0.3 is 0 Å². The summed E-state index contributed by atoms with van der Waals surface area (Å²) in [5.41, 5.74) is 2.50. The third-order valence-electron chi connectivity index (χ3n) is 5.88. The monoisotopic (exact) mass is 526 g/mol. The molecule has 2 atom stereocenters. The van der Waals surface area contributed by atoms with Gasteiger partial charge in [-0.15, -0.1) is 0 Å². The third kappa shape index (κ3) is 5.39. The van der Waals surface area contributed by atoms with Crippen molar-refractivity contribution in [3.8, 4) is 11.5 Å². The van der Waals surface area contributed by atoms with Gasteiger partial charge in [0.1, 0.15) is 5.75 Å². The summed E-state index contributed by atoms with van der Waals surface area (Å²) >= 11 is 7.70. The molecule has 2 fully saturated rings. The van der Waals surface area contributed by atoms with Crippen molar-refractivity contribution in [2.45, 2.75) is 24.6 Å². The molecule has 2 heterocycles. The number of amides is 1. The summed E-state index contributed by atoms with van der Waals surface area (Å²) in [6.45, 7) is 1.98. The van der Waals surface area contributed by atoms with Crippen LogP contribution < -0.4 is 9.64 Å². The SMILES string of the molecule is Cc1cccc(Oc2ccc(Cl)cc2N2C(=NC(=O)Cc3ccccc3)S[C@H]3CS(=O)(=O)C[C@H]32)c1. The number of thioether (sulfide) groups is 1. The summed E-state index contributed by atoms with van der Waals surface area (Å²) in [6, 6.07) is 21.9. The normalized spacial score (nSPS) is 21.8. The maximum Gasteiger partial charge on any atom is 0.252 e. The van der Waals surface area contributed by atoms with Crippen molar-refractivity contribution in [1.29, 1.82) is 0 Å². The molecular weight excluding hydrogens is 504 g/mol. The number of ether oxygens (including phenoxy) is 1. The Labute approximate surface area is 213 Å². The van der Waals surface area contributed by atoms with Gasteiger partial charge in [0.25, 0.3) is 5.91 Å². The molecule has 3 aromatic rings. The molecule has 35 heavy (non-hydrogen) atoms. The van der Waals surface area contributed by atoms with Crippen LogP contribution in [0.5, 0.6) is 11.5 Å². The fraction of sp³-hybridized carbons (Fsp3) is 0.231. The number of halogens is 1. The fourth-order valence-electron chi connectivity index (χ4n) is 4.33. The van der Waals surface area contributed by atoms with Gasteiger partial charge in [-0.1, -0.05) is 65.8 Å². The molecule has 0 unspecified atom stereocenters. The maximum absolute atomic E-state index is 12.9. The number of aliphatic imine (C=N–C) groups is 1. The van der Waals surface area contributed by atoms with Crippen LogP contribution >= 0.6 is 23.4 Å². The smallest absolute Gasteiger partial charge is 0.252 e. The number of rotatable bonds is 5. The minimum Gasteiger partial charge on any atom is -0.455 e. The minimum atomic E-state index is -3.21. The summed E-state index contributed by atoms with van der Waals surface area (Å²) in [5.74, 6) is 0.880. The highest BCUT2D eigenvalue weighted by Crippen LogP contribution is 2.45. The van der Waals surface area contributed by atoms with E-state index >= 15 is 0 Å². The molecular formula is C26H23ClN2O4S2. The molecule has 2 aliphatic rings. The molecule has 0 bridgehead atoms. The standard InChI is InChI=1S/C26H23ClN2O4S2/c1-17-6-5-9-20(12-17)33-23-11-10-19(27)14-21(23)29-22-15-35(31,32)16-24(22)34-26(29)28-25(30)13-18-7-3-2-4-8-18/h2-12,14,22,24H,13,15-16H2,1H3/t22-,24+/m1/s1. The molecule has 2 aliphatic heterocycles. The second kappa shape index (κ2) is 9.68. The van der Waals surface area contributed by atoms with Gasteiger partial charge in [0.05, 0.1) is 29.7 Å². The van der Waals surface area contributed by atoms with Crippen LogP contribution in [-0.4, -0.2) is 42.3 Å². The molecule has 0 aromatic heterocycles. The van der Waals surface area contributed by atoms with E-state index in [4.69, 9.17) is 16.3 Å². The van der Waals surface area contributed by atoms with Gasteiger partial charge in [-0.25, -0.2) is 8.42 Å². The van der Waals surface area contributed by atoms with Crippen LogP contribution in [0.25, 0.3) is 0 Å². The number of sulfone groups is 1. The van der Waals surface area contributed by atoms with Crippen molar-refractivity contribution in [2.75, 3.05) is 16.4 Å². The van der Waals surface area contributed by atoms with E-state index in [9.17, 15) is 13.2 Å². The second-order valence-corrected chi connectivity index (χ2v) is 12.4. The van der Waals surface area contributed by atoms with E-state index in [-0.39, 0.29) is 35.1 Å². The highest BCUT2D eigenvalue weighted by molar-refractivity contribution is 8.16. The van der Waals surface area contributed by atoms with E-state index < -0.39 is 9.84 Å². The Morgan fingerprint density at radius 3 is 2.66 bits per heavy atom. The van der Waals surface area contributed by atoms with Crippen LogP contribution in [0.4, 0.5) is 5.69 Å². The number of anilines is 1.